The Morgan fingerprint density at radius 3 is 2.59 bits per heavy atom. The van der Waals surface area contributed by atoms with Gasteiger partial charge in [-0.15, -0.1) is 0 Å². The number of fused-ring (bicyclic) bond motifs is 2. The van der Waals surface area contributed by atoms with Crippen LogP contribution in [0.1, 0.15) is 12.0 Å². The molecule has 12 heteroatoms. The Morgan fingerprint density at radius 2 is 1.81 bits per heavy atom. The van der Waals surface area contributed by atoms with Crippen molar-refractivity contribution in [1.82, 2.24) is 24.7 Å². The van der Waals surface area contributed by atoms with E-state index in [0.717, 1.165) is 17.3 Å². The van der Waals surface area contributed by atoms with Crippen LogP contribution in [0.4, 0.5) is 33.5 Å². The zero-order valence-electron chi connectivity index (χ0n) is 16.9. The molecule has 2 atom stereocenters. The molecule has 2 fully saturated rings. The Morgan fingerprint density at radius 1 is 1.03 bits per heavy atom. The maximum absolute atomic E-state index is 13.4. The highest BCUT2D eigenvalue weighted by Gasteiger charge is 2.41. The molecule has 0 radical (unpaired) electrons. The molecule has 3 aromatic rings. The molecule has 2 aliphatic rings. The number of hydrogen-bond donors (Lipinski definition) is 0. The van der Waals surface area contributed by atoms with Crippen LogP contribution in [0.25, 0.3) is 11.2 Å². The van der Waals surface area contributed by atoms with Gasteiger partial charge < -0.3 is 9.80 Å². The monoisotopic (exact) mass is 453 g/mol. The molecule has 3 aromatic heterocycles. The number of hydrogen-bond acceptors (Lipinski definition) is 6. The summed E-state index contributed by atoms with van der Waals surface area (Å²) in [6.45, 7) is 1.76. The van der Waals surface area contributed by atoms with Gasteiger partial charge in [0.2, 0.25) is 0 Å². The van der Waals surface area contributed by atoms with Crippen LogP contribution in [-0.4, -0.2) is 57.3 Å². The Bertz CT molecular complexity index is 1120. The molecule has 0 unspecified atom stereocenters. The minimum absolute atomic E-state index is 0.154. The Kier molecular flexibility index (Phi) is 5.09. The third-order valence-corrected chi connectivity index (χ3v) is 6.21. The normalized spacial score (nSPS) is 21.6. The average Bonchev–Trinajstić information content (AvgIpc) is 3.36. The number of rotatable bonds is 4. The van der Waals surface area contributed by atoms with Crippen molar-refractivity contribution in [3.63, 3.8) is 0 Å². The van der Waals surface area contributed by atoms with Crippen molar-refractivity contribution in [3.05, 3.63) is 36.4 Å². The number of halogens is 5. The van der Waals surface area contributed by atoms with Crippen molar-refractivity contribution in [3.8, 4) is 0 Å². The maximum Gasteiger partial charge on any atom is 0.419 e. The van der Waals surface area contributed by atoms with Gasteiger partial charge in [0.1, 0.15) is 17.9 Å². The highest BCUT2D eigenvalue weighted by atomic mass is 19.4. The van der Waals surface area contributed by atoms with Gasteiger partial charge in [-0.05, 0) is 24.3 Å². The fraction of sp³-hybridized carbons (Fsp3) is 0.500. The molecular formula is C20H20F5N7. The minimum Gasteiger partial charge on any atom is -0.370 e. The molecule has 0 spiro atoms. The van der Waals surface area contributed by atoms with Crippen molar-refractivity contribution >= 4 is 22.7 Å². The van der Waals surface area contributed by atoms with E-state index < -0.39 is 24.7 Å². The quantitative estimate of drug-likeness (QED) is 0.564. The van der Waals surface area contributed by atoms with Gasteiger partial charge in [0, 0.05) is 38.6 Å². The number of pyridine rings is 1. The first kappa shape index (κ1) is 20.8. The van der Waals surface area contributed by atoms with E-state index in [9.17, 15) is 22.0 Å². The largest absolute Gasteiger partial charge is 0.419 e. The molecule has 2 aliphatic heterocycles. The number of piperidine rings is 1. The Hall–Kier alpha value is -3.05. The van der Waals surface area contributed by atoms with E-state index in [-0.39, 0.29) is 17.5 Å². The number of aromatic nitrogens is 5. The average molecular weight is 453 g/mol. The van der Waals surface area contributed by atoms with Gasteiger partial charge >= 0.3 is 6.18 Å². The van der Waals surface area contributed by atoms with Gasteiger partial charge in [0.05, 0.1) is 23.6 Å². The topological polar surface area (TPSA) is 63.0 Å². The SMILES string of the molecule is FC(F)Cn1ncc2ncc(N3CC[C@@H]4CN(c5ccncc5C(F)(F)F)C[C@@H]4C3)nc21. The molecule has 5 heterocycles. The zero-order valence-corrected chi connectivity index (χ0v) is 16.9. The molecule has 0 aromatic carbocycles. The number of alkyl halides is 5. The zero-order chi connectivity index (χ0) is 22.5. The van der Waals surface area contributed by atoms with Crippen LogP contribution in [0, 0.1) is 11.8 Å². The summed E-state index contributed by atoms with van der Waals surface area (Å²) in [7, 11) is 0. The van der Waals surface area contributed by atoms with Crippen LogP contribution in [0.3, 0.4) is 0 Å². The summed E-state index contributed by atoms with van der Waals surface area (Å²) in [5, 5.41) is 3.94. The summed E-state index contributed by atoms with van der Waals surface area (Å²) in [5.41, 5.74) is 0.169. The second-order valence-corrected chi connectivity index (χ2v) is 8.21. The smallest absolute Gasteiger partial charge is 0.370 e. The lowest BCUT2D eigenvalue weighted by Crippen LogP contribution is -2.40. The molecule has 0 saturated carbocycles. The standard InChI is InChI=1S/C20H20F5N7/c21-17(22)11-32-19-15(6-28-32)27-7-18(29-19)30-4-2-12-8-31(10-13(12)9-30)16-1-3-26-5-14(16)20(23,24)25/h1,3,5-7,12-13,17H,2,4,8-11H2/t12-,13+/m1/s1. The van der Waals surface area contributed by atoms with Crippen molar-refractivity contribution in [2.24, 2.45) is 11.8 Å². The minimum atomic E-state index is -4.46. The van der Waals surface area contributed by atoms with Crippen molar-refractivity contribution in [2.75, 3.05) is 36.0 Å². The molecule has 0 aliphatic carbocycles. The lowest BCUT2D eigenvalue weighted by Gasteiger charge is -2.34. The van der Waals surface area contributed by atoms with E-state index in [0.29, 0.717) is 43.2 Å². The first-order chi connectivity index (χ1) is 15.3. The van der Waals surface area contributed by atoms with E-state index in [1.165, 1.54) is 18.5 Å². The molecule has 2 saturated heterocycles. The maximum atomic E-state index is 13.4. The van der Waals surface area contributed by atoms with Crippen LogP contribution >= 0.6 is 0 Å². The number of anilines is 2. The fourth-order valence-electron chi connectivity index (χ4n) is 4.71. The summed E-state index contributed by atoms with van der Waals surface area (Å²) in [5.74, 6) is 0.980. The van der Waals surface area contributed by atoms with Crippen LogP contribution < -0.4 is 9.80 Å². The summed E-state index contributed by atoms with van der Waals surface area (Å²) >= 11 is 0. The van der Waals surface area contributed by atoms with Gasteiger partial charge in [0.15, 0.2) is 5.65 Å². The Balaban J connectivity index is 1.35. The van der Waals surface area contributed by atoms with E-state index >= 15 is 0 Å². The fourth-order valence-corrected chi connectivity index (χ4v) is 4.71. The lowest BCUT2D eigenvalue weighted by molar-refractivity contribution is -0.137. The van der Waals surface area contributed by atoms with Crippen LogP contribution in [0.2, 0.25) is 0 Å². The third-order valence-electron chi connectivity index (χ3n) is 6.21. The van der Waals surface area contributed by atoms with E-state index in [2.05, 4.69) is 20.1 Å². The molecular weight excluding hydrogens is 433 g/mol. The van der Waals surface area contributed by atoms with Gasteiger partial charge in [-0.1, -0.05) is 0 Å². The van der Waals surface area contributed by atoms with Gasteiger partial charge in [0.25, 0.3) is 6.43 Å². The van der Waals surface area contributed by atoms with Gasteiger partial charge in [-0.25, -0.2) is 23.4 Å². The first-order valence-electron chi connectivity index (χ1n) is 10.3. The van der Waals surface area contributed by atoms with Crippen LogP contribution in [0.15, 0.2) is 30.9 Å². The van der Waals surface area contributed by atoms with Gasteiger partial charge in [-0.3, -0.25) is 4.98 Å². The predicted molar refractivity (Wildman–Crippen MR) is 107 cm³/mol. The highest BCUT2D eigenvalue weighted by Crippen LogP contribution is 2.40. The number of nitrogens with zero attached hydrogens (tertiary/aromatic N) is 7. The lowest BCUT2D eigenvalue weighted by atomic mass is 9.89. The summed E-state index contributed by atoms with van der Waals surface area (Å²) in [4.78, 5) is 16.3. The molecule has 5 rings (SSSR count). The van der Waals surface area contributed by atoms with Crippen LogP contribution in [-0.2, 0) is 12.7 Å². The molecule has 0 amide bonds. The first-order valence-corrected chi connectivity index (χ1v) is 10.3. The molecule has 0 N–H and O–H groups in total. The van der Waals surface area contributed by atoms with Crippen molar-refractivity contribution in [1.29, 1.82) is 0 Å². The van der Waals surface area contributed by atoms with E-state index in [1.807, 2.05) is 4.90 Å². The van der Waals surface area contributed by atoms with Gasteiger partial charge in [-0.2, -0.15) is 18.3 Å². The van der Waals surface area contributed by atoms with Crippen LogP contribution in [0.5, 0.6) is 0 Å². The molecule has 0 bridgehead atoms. The third kappa shape index (κ3) is 3.82. The van der Waals surface area contributed by atoms with Crippen molar-refractivity contribution < 1.29 is 22.0 Å². The molecule has 7 nitrogen and oxygen atoms in total. The second-order valence-electron chi connectivity index (χ2n) is 8.21. The highest BCUT2D eigenvalue weighted by molar-refractivity contribution is 5.71. The Labute approximate surface area is 179 Å². The van der Waals surface area contributed by atoms with E-state index in [4.69, 9.17) is 0 Å². The molecule has 170 valence electrons. The van der Waals surface area contributed by atoms with Crippen molar-refractivity contribution in [2.45, 2.75) is 25.6 Å². The predicted octanol–water partition coefficient (Wildman–Crippen LogP) is 3.47. The molecule has 32 heavy (non-hydrogen) atoms. The second kappa shape index (κ2) is 7.82. The summed E-state index contributed by atoms with van der Waals surface area (Å²) in [6.07, 6.45) is -0.974. The van der Waals surface area contributed by atoms with E-state index in [1.54, 1.807) is 11.1 Å². The summed E-state index contributed by atoms with van der Waals surface area (Å²) < 4.78 is 67.0. The summed E-state index contributed by atoms with van der Waals surface area (Å²) in [6, 6.07) is 1.42.